The van der Waals surface area contributed by atoms with E-state index in [9.17, 15) is 9.59 Å². The van der Waals surface area contributed by atoms with E-state index in [-0.39, 0.29) is 13.0 Å². The molecule has 0 aromatic heterocycles. The molecule has 0 aliphatic heterocycles. The minimum atomic E-state index is -1.11. The van der Waals surface area contributed by atoms with Crippen LogP contribution < -0.4 is 10.6 Å². The number of aliphatic hydroxyl groups is 1. The summed E-state index contributed by atoms with van der Waals surface area (Å²) in [5.41, 5.74) is 1.91. The molecule has 1 atom stereocenters. The molecule has 27 heavy (non-hydrogen) atoms. The summed E-state index contributed by atoms with van der Waals surface area (Å²) in [6, 6.07) is 15.1. The second-order valence-electron chi connectivity index (χ2n) is 5.76. The first-order valence-corrected chi connectivity index (χ1v) is 8.52. The van der Waals surface area contributed by atoms with Gasteiger partial charge in [-0.1, -0.05) is 18.2 Å². The Morgan fingerprint density at radius 3 is 2.19 bits per heavy atom. The van der Waals surface area contributed by atoms with Gasteiger partial charge in [-0.05, 0) is 49.4 Å². The number of nitrogens with zero attached hydrogens (tertiary/aromatic N) is 2. The largest absolute Gasteiger partial charge is 0.480 e. The van der Waals surface area contributed by atoms with Crippen LogP contribution in [0.4, 0.5) is 17.1 Å². The summed E-state index contributed by atoms with van der Waals surface area (Å²) in [5, 5.41) is 31.5. The minimum Gasteiger partial charge on any atom is -0.480 e. The summed E-state index contributed by atoms with van der Waals surface area (Å²) in [4.78, 5) is 23.2. The molecule has 1 unspecified atom stereocenters. The van der Waals surface area contributed by atoms with Crippen LogP contribution in [0.1, 0.15) is 12.8 Å². The van der Waals surface area contributed by atoms with Crippen LogP contribution in [-0.4, -0.2) is 41.3 Å². The van der Waals surface area contributed by atoms with Crippen molar-refractivity contribution >= 4 is 28.9 Å². The highest BCUT2D eigenvalue weighted by atomic mass is 16.4. The first-order chi connectivity index (χ1) is 13.1. The van der Waals surface area contributed by atoms with Gasteiger partial charge in [0.2, 0.25) is 5.91 Å². The minimum absolute atomic E-state index is 0.0422. The van der Waals surface area contributed by atoms with Crippen molar-refractivity contribution in [3.8, 4) is 0 Å². The average molecular weight is 370 g/mol. The maximum Gasteiger partial charge on any atom is 0.321 e. The van der Waals surface area contributed by atoms with Crippen molar-refractivity contribution in [2.45, 2.75) is 18.9 Å². The summed E-state index contributed by atoms with van der Waals surface area (Å²) in [6.45, 7) is 0.279. The number of aliphatic carboxylic acids is 1. The molecule has 0 aliphatic rings. The van der Waals surface area contributed by atoms with Crippen molar-refractivity contribution in [1.82, 2.24) is 5.32 Å². The smallest absolute Gasteiger partial charge is 0.321 e. The van der Waals surface area contributed by atoms with Gasteiger partial charge in [-0.2, -0.15) is 10.2 Å². The van der Waals surface area contributed by atoms with E-state index in [1.807, 2.05) is 30.3 Å². The number of hydrogen-bond donors (Lipinski definition) is 4. The lowest BCUT2D eigenvalue weighted by molar-refractivity contribution is -0.141. The molecular weight excluding hydrogens is 348 g/mol. The van der Waals surface area contributed by atoms with Gasteiger partial charge in [-0.25, -0.2) is 0 Å². The van der Waals surface area contributed by atoms with E-state index in [1.54, 1.807) is 24.3 Å². The Bertz CT molecular complexity index is 763. The topological polar surface area (TPSA) is 123 Å². The molecule has 0 bridgehead atoms. The van der Waals surface area contributed by atoms with Crippen molar-refractivity contribution in [2.24, 2.45) is 10.2 Å². The average Bonchev–Trinajstić information content (AvgIpc) is 2.67. The van der Waals surface area contributed by atoms with Crippen LogP contribution in [0.5, 0.6) is 0 Å². The summed E-state index contributed by atoms with van der Waals surface area (Å²) < 4.78 is 0. The molecule has 0 saturated carbocycles. The first-order valence-electron chi connectivity index (χ1n) is 8.52. The molecule has 0 spiro atoms. The van der Waals surface area contributed by atoms with E-state index in [2.05, 4.69) is 20.9 Å². The molecule has 4 N–H and O–H groups in total. The van der Waals surface area contributed by atoms with Crippen LogP contribution >= 0.6 is 0 Å². The molecule has 0 radical (unpaired) electrons. The predicted octanol–water partition coefficient (Wildman–Crippen LogP) is 2.86. The zero-order valence-corrected chi connectivity index (χ0v) is 14.7. The van der Waals surface area contributed by atoms with Gasteiger partial charge < -0.3 is 20.8 Å². The van der Waals surface area contributed by atoms with Gasteiger partial charge in [0.1, 0.15) is 6.04 Å². The van der Waals surface area contributed by atoms with Crippen LogP contribution in [0.2, 0.25) is 0 Å². The highest BCUT2D eigenvalue weighted by Crippen LogP contribution is 2.20. The van der Waals surface area contributed by atoms with Crippen molar-refractivity contribution < 1.29 is 19.8 Å². The maximum absolute atomic E-state index is 12.0. The fourth-order valence-electron chi connectivity index (χ4n) is 2.22. The third kappa shape index (κ3) is 7.35. The lowest BCUT2D eigenvalue weighted by Gasteiger charge is -2.14. The van der Waals surface area contributed by atoms with E-state index in [0.717, 1.165) is 5.69 Å². The number of carboxylic acids is 1. The van der Waals surface area contributed by atoms with E-state index in [1.165, 1.54) is 0 Å². The number of carbonyl (C=O) groups is 2. The zero-order chi connectivity index (χ0) is 19.5. The van der Waals surface area contributed by atoms with E-state index < -0.39 is 17.9 Å². The molecule has 8 heteroatoms. The van der Waals surface area contributed by atoms with E-state index in [4.69, 9.17) is 10.2 Å². The SMILES string of the molecule is O=C(CC(NCCCO)C(=O)O)Nc1ccc(N=Nc2ccccc2)cc1. The molecule has 0 heterocycles. The third-order valence-electron chi connectivity index (χ3n) is 3.60. The number of rotatable bonds is 10. The van der Waals surface area contributed by atoms with Crippen LogP contribution in [0.3, 0.4) is 0 Å². The summed E-state index contributed by atoms with van der Waals surface area (Å²) in [5.74, 6) is -1.53. The predicted molar refractivity (Wildman–Crippen MR) is 101 cm³/mol. The molecule has 0 saturated heterocycles. The number of carboxylic acid groups (broad SMARTS) is 1. The highest BCUT2D eigenvalue weighted by Gasteiger charge is 2.20. The van der Waals surface area contributed by atoms with Crippen LogP contribution in [0.15, 0.2) is 64.8 Å². The Hall–Kier alpha value is -3.10. The molecule has 142 valence electrons. The molecule has 0 aliphatic carbocycles. The maximum atomic E-state index is 12.0. The van der Waals surface area contributed by atoms with Crippen molar-refractivity contribution in [2.75, 3.05) is 18.5 Å². The van der Waals surface area contributed by atoms with Crippen molar-refractivity contribution in [3.05, 3.63) is 54.6 Å². The number of benzene rings is 2. The quantitative estimate of drug-likeness (QED) is 0.378. The lowest BCUT2D eigenvalue weighted by Crippen LogP contribution is -2.40. The van der Waals surface area contributed by atoms with Gasteiger partial charge >= 0.3 is 5.97 Å². The van der Waals surface area contributed by atoms with E-state index >= 15 is 0 Å². The number of nitrogens with one attached hydrogen (secondary N) is 2. The first kappa shape index (κ1) is 20.2. The summed E-state index contributed by atoms with van der Waals surface area (Å²) in [7, 11) is 0. The standard InChI is InChI=1S/C19H22N4O4/c24-12-4-11-20-17(19(26)27)13-18(25)21-14-7-9-16(10-8-14)23-22-15-5-2-1-3-6-15/h1-3,5-10,17,20,24H,4,11-13H2,(H,21,25)(H,26,27). The number of azo groups is 1. The summed E-state index contributed by atoms with van der Waals surface area (Å²) in [6.07, 6.45) is 0.209. The van der Waals surface area contributed by atoms with Crippen molar-refractivity contribution in [1.29, 1.82) is 0 Å². The number of anilines is 1. The molecule has 1 amide bonds. The Morgan fingerprint density at radius 2 is 1.59 bits per heavy atom. The second kappa shape index (κ2) is 10.8. The van der Waals surface area contributed by atoms with Crippen molar-refractivity contribution in [3.63, 3.8) is 0 Å². The van der Waals surface area contributed by atoms with Gasteiger partial charge in [-0.3, -0.25) is 9.59 Å². The van der Waals surface area contributed by atoms with Gasteiger partial charge in [0.05, 0.1) is 17.8 Å². The van der Waals surface area contributed by atoms with Crippen LogP contribution in [0, 0.1) is 0 Å². The molecular formula is C19H22N4O4. The fraction of sp³-hybridized carbons (Fsp3) is 0.263. The van der Waals surface area contributed by atoms with Crippen LogP contribution in [-0.2, 0) is 9.59 Å². The molecule has 2 aromatic carbocycles. The van der Waals surface area contributed by atoms with E-state index in [0.29, 0.717) is 24.3 Å². The second-order valence-corrected chi connectivity index (χ2v) is 5.76. The number of carbonyl (C=O) groups excluding carboxylic acids is 1. The van der Waals surface area contributed by atoms with Gasteiger partial charge in [0.15, 0.2) is 0 Å². The van der Waals surface area contributed by atoms with Gasteiger partial charge in [0.25, 0.3) is 0 Å². The lowest BCUT2D eigenvalue weighted by atomic mass is 10.2. The fourth-order valence-corrected chi connectivity index (χ4v) is 2.22. The number of hydrogen-bond acceptors (Lipinski definition) is 6. The number of aliphatic hydroxyl groups excluding tert-OH is 1. The Labute approximate surface area is 157 Å². The normalized spacial score (nSPS) is 12.0. The zero-order valence-electron chi connectivity index (χ0n) is 14.7. The highest BCUT2D eigenvalue weighted by molar-refractivity contribution is 5.94. The van der Waals surface area contributed by atoms with Gasteiger partial charge in [-0.15, -0.1) is 0 Å². The van der Waals surface area contributed by atoms with Gasteiger partial charge in [0, 0.05) is 12.3 Å². The third-order valence-corrected chi connectivity index (χ3v) is 3.60. The molecule has 0 fully saturated rings. The monoisotopic (exact) mass is 370 g/mol. The molecule has 2 aromatic rings. The van der Waals surface area contributed by atoms with Crippen LogP contribution in [0.25, 0.3) is 0 Å². The Kier molecular flexibility index (Phi) is 8.08. The molecule has 2 rings (SSSR count). The summed E-state index contributed by atoms with van der Waals surface area (Å²) >= 11 is 0. The molecule has 8 nitrogen and oxygen atoms in total. The number of amides is 1. The Balaban J connectivity index is 1.88. The Morgan fingerprint density at radius 1 is 0.963 bits per heavy atom.